The zero-order chi connectivity index (χ0) is 15.6. The lowest BCUT2D eigenvalue weighted by atomic mass is 10.1. The van der Waals surface area contributed by atoms with E-state index in [4.69, 9.17) is 9.84 Å². The molecule has 0 saturated carbocycles. The lowest BCUT2D eigenvalue weighted by Gasteiger charge is -2.14. The number of carboxylic acids is 1. The molecular formula is C14H19NO5S. The molecule has 1 aliphatic rings. The number of carboxylic acid groups (broad SMARTS) is 1. The molecule has 0 spiro atoms. The molecule has 0 aliphatic carbocycles. The fourth-order valence-electron chi connectivity index (χ4n) is 2.44. The van der Waals surface area contributed by atoms with Gasteiger partial charge < -0.3 is 9.84 Å². The highest BCUT2D eigenvalue weighted by atomic mass is 32.2. The van der Waals surface area contributed by atoms with E-state index in [1.807, 2.05) is 0 Å². The summed E-state index contributed by atoms with van der Waals surface area (Å²) in [4.78, 5) is 11.1. The van der Waals surface area contributed by atoms with Crippen LogP contribution in [0.25, 0.3) is 0 Å². The van der Waals surface area contributed by atoms with Crippen LogP contribution in [-0.2, 0) is 14.8 Å². The first-order chi connectivity index (χ1) is 9.81. The molecule has 7 heteroatoms. The van der Waals surface area contributed by atoms with Crippen molar-refractivity contribution >= 4 is 16.0 Å². The summed E-state index contributed by atoms with van der Waals surface area (Å²) in [6, 6.07) is 2.79. The predicted octanol–water partition coefficient (Wildman–Crippen LogP) is 1.46. The van der Waals surface area contributed by atoms with Gasteiger partial charge in [-0.2, -0.15) is 0 Å². The van der Waals surface area contributed by atoms with Gasteiger partial charge >= 0.3 is 5.97 Å². The number of aromatic carboxylic acids is 1. The molecule has 1 aromatic carbocycles. The summed E-state index contributed by atoms with van der Waals surface area (Å²) >= 11 is 0. The van der Waals surface area contributed by atoms with Crippen molar-refractivity contribution < 1.29 is 23.1 Å². The Labute approximate surface area is 124 Å². The van der Waals surface area contributed by atoms with Gasteiger partial charge in [0.1, 0.15) is 0 Å². The van der Waals surface area contributed by atoms with Gasteiger partial charge in [-0.1, -0.05) is 6.07 Å². The highest BCUT2D eigenvalue weighted by Gasteiger charge is 2.23. The van der Waals surface area contributed by atoms with Crippen molar-refractivity contribution in [3.8, 4) is 0 Å². The van der Waals surface area contributed by atoms with E-state index >= 15 is 0 Å². The second-order valence-electron chi connectivity index (χ2n) is 5.22. The van der Waals surface area contributed by atoms with Crippen LogP contribution in [0.2, 0.25) is 0 Å². The van der Waals surface area contributed by atoms with Gasteiger partial charge in [0.15, 0.2) is 0 Å². The molecule has 1 aromatic rings. The van der Waals surface area contributed by atoms with Crippen LogP contribution in [0.5, 0.6) is 0 Å². The van der Waals surface area contributed by atoms with Crippen LogP contribution in [0.3, 0.4) is 0 Å². The van der Waals surface area contributed by atoms with Gasteiger partial charge in [0.2, 0.25) is 10.0 Å². The van der Waals surface area contributed by atoms with E-state index in [-0.39, 0.29) is 23.1 Å². The lowest BCUT2D eigenvalue weighted by molar-refractivity contribution is 0.0696. The van der Waals surface area contributed by atoms with E-state index in [0.29, 0.717) is 17.7 Å². The molecular weight excluding hydrogens is 294 g/mol. The second kappa shape index (κ2) is 6.13. The molecule has 1 fully saturated rings. The Kier molecular flexibility index (Phi) is 4.65. The number of aryl methyl sites for hydroxylation is 2. The molecule has 21 heavy (non-hydrogen) atoms. The van der Waals surface area contributed by atoms with Crippen molar-refractivity contribution in [1.82, 2.24) is 4.72 Å². The van der Waals surface area contributed by atoms with Crippen LogP contribution in [-0.4, -0.2) is 38.7 Å². The molecule has 1 aliphatic heterocycles. The number of benzene rings is 1. The molecule has 2 rings (SSSR count). The van der Waals surface area contributed by atoms with E-state index in [2.05, 4.69) is 4.72 Å². The minimum absolute atomic E-state index is 0.00177. The topological polar surface area (TPSA) is 92.7 Å². The van der Waals surface area contributed by atoms with E-state index < -0.39 is 16.0 Å². The minimum atomic E-state index is -3.74. The minimum Gasteiger partial charge on any atom is -0.478 e. The summed E-state index contributed by atoms with van der Waals surface area (Å²) in [5.41, 5.74) is 1.06. The number of rotatable bonds is 5. The molecule has 0 radical (unpaired) electrons. The maximum absolute atomic E-state index is 12.3. The lowest BCUT2D eigenvalue weighted by Crippen LogP contribution is -2.32. The first kappa shape index (κ1) is 15.9. The monoisotopic (exact) mass is 313 g/mol. The second-order valence-corrected chi connectivity index (χ2v) is 6.96. The molecule has 1 saturated heterocycles. The summed E-state index contributed by atoms with van der Waals surface area (Å²) in [5, 5.41) is 9.11. The third-order valence-corrected chi connectivity index (χ3v) is 5.13. The third-order valence-electron chi connectivity index (χ3n) is 3.57. The molecule has 1 unspecified atom stereocenters. The van der Waals surface area contributed by atoms with Crippen molar-refractivity contribution in [3.05, 3.63) is 28.8 Å². The summed E-state index contributed by atoms with van der Waals surface area (Å²) in [7, 11) is -3.74. The summed E-state index contributed by atoms with van der Waals surface area (Å²) in [6.07, 6.45) is 1.65. The Bertz CT molecular complexity index is 648. The van der Waals surface area contributed by atoms with Crippen LogP contribution in [0, 0.1) is 13.8 Å². The van der Waals surface area contributed by atoms with Gasteiger partial charge in [0, 0.05) is 13.2 Å². The maximum atomic E-state index is 12.3. The number of hydrogen-bond acceptors (Lipinski definition) is 4. The van der Waals surface area contributed by atoms with Gasteiger partial charge in [-0.3, -0.25) is 0 Å². The Balaban J connectivity index is 2.26. The quantitative estimate of drug-likeness (QED) is 0.858. The third kappa shape index (κ3) is 3.61. The van der Waals surface area contributed by atoms with Crippen LogP contribution < -0.4 is 4.72 Å². The van der Waals surface area contributed by atoms with Crippen LogP contribution in [0.1, 0.15) is 34.3 Å². The van der Waals surface area contributed by atoms with Crippen molar-refractivity contribution in [1.29, 1.82) is 0 Å². The number of ether oxygens (including phenoxy) is 1. The number of hydrogen-bond donors (Lipinski definition) is 2. The van der Waals surface area contributed by atoms with E-state index in [1.54, 1.807) is 19.9 Å². The van der Waals surface area contributed by atoms with Crippen molar-refractivity contribution in [2.45, 2.75) is 37.7 Å². The number of carbonyl (C=O) groups is 1. The van der Waals surface area contributed by atoms with Gasteiger partial charge in [-0.05, 0) is 43.9 Å². The Morgan fingerprint density at radius 1 is 1.38 bits per heavy atom. The summed E-state index contributed by atoms with van der Waals surface area (Å²) in [6.45, 7) is 4.16. The average molecular weight is 313 g/mol. The highest BCUT2D eigenvalue weighted by molar-refractivity contribution is 7.89. The molecule has 6 nitrogen and oxygen atoms in total. The Hall–Kier alpha value is -1.44. The zero-order valence-electron chi connectivity index (χ0n) is 12.0. The Morgan fingerprint density at radius 2 is 2.10 bits per heavy atom. The predicted molar refractivity (Wildman–Crippen MR) is 77.0 cm³/mol. The van der Waals surface area contributed by atoms with Gasteiger partial charge in [0.25, 0.3) is 0 Å². The fourth-order valence-corrected chi connectivity index (χ4v) is 3.75. The maximum Gasteiger partial charge on any atom is 0.335 e. The summed E-state index contributed by atoms with van der Waals surface area (Å²) < 4.78 is 32.5. The molecule has 0 bridgehead atoms. The molecule has 1 atom stereocenters. The van der Waals surface area contributed by atoms with Gasteiger partial charge in [-0.15, -0.1) is 0 Å². The first-order valence-electron chi connectivity index (χ1n) is 6.77. The van der Waals surface area contributed by atoms with E-state index in [1.165, 1.54) is 6.07 Å². The standard InChI is InChI=1S/C14H19NO5S/c1-9-6-10(2)13(7-12(9)14(16)17)21(18,19)15-8-11-4-3-5-20-11/h6-7,11,15H,3-5,8H2,1-2H3,(H,16,17). The summed E-state index contributed by atoms with van der Waals surface area (Å²) in [5.74, 6) is -1.14. The zero-order valence-corrected chi connectivity index (χ0v) is 12.9. The van der Waals surface area contributed by atoms with Crippen LogP contribution >= 0.6 is 0 Å². The van der Waals surface area contributed by atoms with E-state index in [0.717, 1.165) is 12.8 Å². The normalized spacial score (nSPS) is 18.9. The fraction of sp³-hybridized carbons (Fsp3) is 0.500. The molecule has 116 valence electrons. The smallest absolute Gasteiger partial charge is 0.335 e. The molecule has 0 amide bonds. The Morgan fingerprint density at radius 3 is 2.67 bits per heavy atom. The van der Waals surface area contributed by atoms with Crippen LogP contribution in [0.15, 0.2) is 17.0 Å². The van der Waals surface area contributed by atoms with Gasteiger partial charge in [-0.25, -0.2) is 17.9 Å². The largest absolute Gasteiger partial charge is 0.478 e. The molecule has 2 N–H and O–H groups in total. The van der Waals surface area contributed by atoms with Crippen molar-refractivity contribution in [3.63, 3.8) is 0 Å². The van der Waals surface area contributed by atoms with Crippen molar-refractivity contribution in [2.75, 3.05) is 13.2 Å². The first-order valence-corrected chi connectivity index (χ1v) is 8.25. The van der Waals surface area contributed by atoms with E-state index in [9.17, 15) is 13.2 Å². The van der Waals surface area contributed by atoms with Crippen LogP contribution in [0.4, 0.5) is 0 Å². The van der Waals surface area contributed by atoms with Gasteiger partial charge in [0.05, 0.1) is 16.6 Å². The average Bonchev–Trinajstić information content (AvgIpc) is 2.88. The molecule has 1 heterocycles. The number of nitrogens with one attached hydrogen (secondary N) is 1. The number of sulfonamides is 1. The molecule has 0 aromatic heterocycles. The highest BCUT2D eigenvalue weighted by Crippen LogP contribution is 2.21. The van der Waals surface area contributed by atoms with Crippen molar-refractivity contribution in [2.24, 2.45) is 0 Å². The SMILES string of the molecule is Cc1cc(C)c(S(=O)(=O)NCC2CCCO2)cc1C(=O)O.